The van der Waals surface area contributed by atoms with Gasteiger partial charge in [0.2, 0.25) is 0 Å². The Kier molecular flexibility index (Phi) is 6.05. The zero-order valence-electron chi connectivity index (χ0n) is 10.8. The average molecular weight is 268 g/mol. The van der Waals surface area contributed by atoms with E-state index in [1.165, 1.54) is 0 Å². The Bertz CT molecular complexity index is 463. The first-order valence-corrected chi connectivity index (χ1v) is 8.16. The minimum atomic E-state index is -2.91. The summed E-state index contributed by atoms with van der Waals surface area (Å²) in [5.74, 6) is 0.534. The summed E-state index contributed by atoms with van der Waals surface area (Å²) in [7, 11) is -2.91. The van der Waals surface area contributed by atoms with Gasteiger partial charge in [0.25, 0.3) is 0 Å². The Morgan fingerprint density at radius 3 is 2.33 bits per heavy atom. The highest BCUT2D eigenvalue weighted by molar-refractivity contribution is 7.91. The highest BCUT2D eigenvalue weighted by atomic mass is 32.2. The Labute approximate surface area is 109 Å². The number of unbranched alkanes of at least 4 members (excludes halogenated alkanes) is 1. The molecule has 0 atom stereocenters. The van der Waals surface area contributed by atoms with Crippen molar-refractivity contribution >= 4 is 15.6 Å². The molecule has 4 heteroatoms. The smallest absolute Gasteiger partial charge is 0.162 e. The number of hydrogen-bond donors (Lipinski definition) is 0. The average Bonchev–Trinajstić information content (AvgIpc) is 2.35. The van der Waals surface area contributed by atoms with Gasteiger partial charge in [-0.1, -0.05) is 37.3 Å². The van der Waals surface area contributed by atoms with Crippen molar-refractivity contribution in [3.8, 4) is 0 Å². The van der Waals surface area contributed by atoms with Gasteiger partial charge in [-0.15, -0.1) is 0 Å². The Morgan fingerprint density at radius 2 is 1.72 bits per heavy atom. The van der Waals surface area contributed by atoms with Crippen LogP contribution >= 0.6 is 0 Å². The normalized spacial score (nSPS) is 11.4. The topological polar surface area (TPSA) is 51.2 Å². The standard InChI is InChI=1S/C14H20O3S/c1-2-11-18(16,17)12-7-6-10-14(15)13-8-4-3-5-9-13/h3-5,8-9H,2,6-7,10-12H2,1H3. The van der Waals surface area contributed by atoms with E-state index in [1.54, 1.807) is 12.1 Å². The van der Waals surface area contributed by atoms with Gasteiger partial charge in [-0.2, -0.15) is 0 Å². The SMILES string of the molecule is CCCS(=O)(=O)CCCCC(=O)c1ccccc1. The number of sulfone groups is 1. The quantitative estimate of drug-likeness (QED) is 0.538. The van der Waals surface area contributed by atoms with Crippen molar-refractivity contribution in [3.05, 3.63) is 35.9 Å². The molecule has 1 rings (SSSR count). The van der Waals surface area contributed by atoms with Gasteiger partial charge in [0, 0.05) is 17.7 Å². The summed E-state index contributed by atoms with van der Waals surface area (Å²) >= 11 is 0. The number of carbonyl (C=O) groups excluding carboxylic acids is 1. The molecule has 0 aliphatic rings. The summed E-state index contributed by atoms with van der Waals surface area (Å²) in [4.78, 5) is 11.7. The van der Waals surface area contributed by atoms with Crippen molar-refractivity contribution in [1.82, 2.24) is 0 Å². The van der Waals surface area contributed by atoms with E-state index in [2.05, 4.69) is 0 Å². The maximum atomic E-state index is 11.7. The third kappa shape index (κ3) is 5.45. The molecule has 18 heavy (non-hydrogen) atoms. The molecule has 0 N–H and O–H groups in total. The highest BCUT2D eigenvalue weighted by Gasteiger charge is 2.10. The molecule has 0 saturated carbocycles. The molecular weight excluding hydrogens is 248 g/mol. The Hall–Kier alpha value is -1.16. The molecule has 1 aromatic carbocycles. The summed E-state index contributed by atoms with van der Waals surface area (Å²) in [6.45, 7) is 1.86. The fourth-order valence-corrected chi connectivity index (χ4v) is 3.26. The van der Waals surface area contributed by atoms with Crippen LogP contribution in [0.3, 0.4) is 0 Å². The zero-order chi connectivity index (χ0) is 13.4. The number of carbonyl (C=O) groups is 1. The summed E-state index contributed by atoms with van der Waals surface area (Å²) in [5, 5.41) is 0. The number of Topliss-reactive ketones (excluding diaryl/α,β-unsaturated/α-hetero) is 1. The van der Waals surface area contributed by atoms with E-state index in [0.29, 0.717) is 31.2 Å². The number of ketones is 1. The lowest BCUT2D eigenvalue weighted by Crippen LogP contribution is -2.10. The predicted octanol–water partition coefficient (Wildman–Crippen LogP) is 2.86. The van der Waals surface area contributed by atoms with E-state index < -0.39 is 9.84 Å². The van der Waals surface area contributed by atoms with Crippen LogP contribution in [-0.2, 0) is 9.84 Å². The van der Waals surface area contributed by atoms with Crippen molar-refractivity contribution in [2.45, 2.75) is 32.6 Å². The third-order valence-corrected chi connectivity index (χ3v) is 4.66. The summed E-state index contributed by atoms with van der Waals surface area (Å²) in [6, 6.07) is 9.11. The summed E-state index contributed by atoms with van der Waals surface area (Å²) < 4.78 is 22.9. The lowest BCUT2D eigenvalue weighted by molar-refractivity contribution is 0.0980. The van der Waals surface area contributed by atoms with E-state index in [4.69, 9.17) is 0 Å². The molecule has 0 bridgehead atoms. The molecule has 0 saturated heterocycles. The molecule has 0 heterocycles. The maximum absolute atomic E-state index is 11.7. The fourth-order valence-electron chi connectivity index (χ4n) is 1.79. The van der Waals surface area contributed by atoms with Crippen LogP contribution in [0.15, 0.2) is 30.3 Å². The molecule has 0 radical (unpaired) electrons. The van der Waals surface area contributed by atoms with Gasteiger partial charge in [-0.05, 0) is 19.3 Å². The second kappa shape index (κ2) is 7.31. The van der Waals surface area contributed by atoms with Crippen LogP contribution in [0.2, 0.25) is 0 Å². The van der Waals surface area contributed by atoms with Crippen molar-refractivity contribution < 1.29 is 13.2 Å². The highest BCUT2D eigenvalue weighted by Crippen LogP contribution is 2.08. The number of hydrogen-bond acceptors (Lipinski definition) is 3. The molecule has 100 valence electrons. The molecule has 0 fully saturated rings. The van der Waals surface area contributed by atoms with E-state index in [9.17, 15) is 13.2 Å². The van der Waals surface area contributed by atoms with E-state index >= 15 is 0 Å². The van der Waals surface area contributed by atoms with Crippen molar-refractivity contribution in [3.63, 3.8) is 0 Å². The van der Waals surface area contributed by atoms with Gasteiger partial charge in [0.15, 0.2) is 5.78 Å². The lowest BCUT2D eigenvalue weighted by atomic mass is 10.1. The summed E-state index contributed by atoms with van der Waals surface area (Å²) in [5.41, 5.74) is 0.703. The van der Waals surface area contributed by atoms with Crippen molar-refractivity contribution in [2.24, 2.45) is 0 Å². The van der Waals surface area contributed by atoms with Crippen LogP contribution < -0.4 is 0 Å². The lowest BCUT2D eigenvalue weighted by Gasteiger charge is -2.03. The molecule has 0 aliphatic heterocycles. The molecular formula is C14H20O3S. The van der Waals surface area contributed by atoms with E-state index in [0.717, 1.165) is 0 Å². The first-order valence-electron chi connectivity index (χ1n) is 6.34. The molecule has 0 spiro atoms. The predicted molar refractivity (Wildman–Crippen MR) is 73.6 cm³/mol. The molecule has 1 aromatic rings. The number of benzene rings is 1. The van der Waals surface area contributed by atoms with Crippen LogP contribution in [0, 0.1) is 0 Å². The first-order chi connectivity index (χ1) is 8.55. The number of rotatable bonds is 8. The third-order valence-electron chi connectivity index (χ3n) is 2.72. The van der Waals surface area contributed by atoms with Crippen LogP contribution in [0.4, 0.5) is 0 Å². The van der Waals surface area contributed by atoms with Crippen molar-refractivity contribution in [1.29, 1.82) is 0 Å². The minimum absolute atomic E-state index is 0.0866. The van der Waals surface area contributed by atoms with Gasteiger partial charge >= 0.3 is 0 Å². The minimum Gasteiger partial charge on any atom is -0.294 e. The van der Waals surface area contributed by atoms with Crippen LogP contribution in [-0.4, -0.2) is 25.7 Å². The van der Waals surface area contributed by atoms with Crippen molar-refractivity contribution in [2.75, 3.05) is 11.5 Å². The van der Waals surface area contributed by atoms with Crippen LogP contribution in [0.25, 0.3) is 0 Å². The zero-order valence-corrected chi connectivity index (χ0v) is 11.6. The molecule has 0 unspecified atom stereocenters. The van der Waals surface area contributed by atoms with Gasteiger partial charge in [-0.3, -0.25) is 4.79 Å². The van der Waals surface area contributed by atoms with Crippen LogP contribution in [0.1, 0.15) is 43.0 Å². The Morgan fingerprint density at radius 1 is 1.06 bits per heavy atom. The second-order valence-corrected chi connectivity index (χ2v) is 6.70. The van der Waals surface area contributed by atoms with Crippen LogP contribution in [0.5, 0.6) is 0 Å². The largest absolute Gasteiger partial charge is 0.294 e. The van der Waals surface area contributed by atoms with Gasteiger partial charge in [0.05, 0.1) is 5.75 Å². The second-order valence-electron chi connectivity index (χ2n) is 4.40. The molecule has 0 amide bonds. The van der Waals surface area contributed by atoms with Gasteiger partial charge < -0.3 is 0 Å². The molecule has 0 aliphatic carbocycles. The van der Waals surface area contributed by atoms with E-state index in [-0.39, 0.29) is 17.3 Å². The monoisotopic (exact) mass is 268 g/mol. The van der Waals surface area contributed by atoms with E-state index in [1.807, 2.05) is 25.1 Å². The first kappa shape index (κ1) is 14.9. The maximum Gasteiger partial charge on any atom is 0.162 e. The molecule has 0 aromatic heterocycles. The fraction of sp³-hybridized carbons (Fsp3) is 0.500. The Balaban J connectivity index is 2.29. The molecule has 3 nitrogen and oxygen atoms in total. The van der Waals surface area contributed by atoms with Gasteiger partial charge in [-0.25, -0.2) is 8.42 Å². The van der Waals surface area contributed by atoms with Gasteiger partial charge in [0.1, 0.15) is 9.84 Å². The summed E-state index contributed by atoms with van der Waals surface area (Å²) in [6.07, 6.45) is 2.29.